The first-order chi connectivity index (χ1) is 2.41. The molecule has 31 valence electrons. The van der Waals surface area contributed by atoms with Crippen LogP contribution in [0.15, 0.2) is 0 Å². The second kappa shape index (κ2) is 4.45. The molecule has 0 aromatic carbocycles. The smallest absolute Gasteiger partial charge is 0.0589 e. The minimum atomic E-state index is -0.169. The third kappa shape index (κ3) is 4.45. The lowest BCUT2D eigenvalue weighted by atomic mass is 11.0. The van der Waals surface area contributed by atoms with Crippen molar-refractivity contribution in [2.24, 2.45) is 0 Å². The summed E-state index contributed by atoms with van der Waals surface area (Å²) in [5.74, 6) is 0.738. The number of rotatable bonds is 2. The minimum absolute atomic E-state index is 0.169. The van der Waals surface area contributed by atoms with Crippen LogP contribution in [0.1, 0.15) is 0 Å². The molecular weight excluding hydrogens is 103 g/mol. The maximum Gasteiger partial charge on any atom is 0.0589 e. The van der Waals surface area contributed by atoms with Gasteiger partial charge in [0.05, 0.1) is 8.46 Å². The Morgan fingerprint density at radius 1 is 1.80 bits per heavy atom. The largest absolute Gasteiger partial charge is 0.290 e. The van der Waals surface area contributed by atoms with Crippen LogP contribution < -0.4 is 0 Å². The van der Waals surface area contributed by atoms with E-state index in [1.54, 1.807) is 0 Å². The SMILES string of the molecule is O=[PH]CCS. The molecule has 1 nitrogen and oxygen atoms in total. The van der Waals surface area contributed by atoms with Crippen molar-refractivity contribution in [2.75, 3.05) is 11.9 Å². The molecule has 3 heteroatoms. The Labute approximate surface area is 38.4 Å². The molecule has 1 atom stereocenters. The van der Waals surface area contributed by atoms with Crippen molar-refractivity contribution in [3.05, 3.63) is 0 Å². The molecule has 0 saturated carbocycles. The molecule has 0 heterocycles. The highest BCUT2D eigenvalue weighted by Crippen LogP contribution is 1.88. The predicted molar refractivity (Wildman–Crippen MR) is 27.7 cm³/mol. The van der Waals surface area contributed by atoms with E-state index < -0.39 is 0 Å². The minimum Gasteiger partial charge on any atom is -0.290 e. The fourth-order valence-electron chi connectivity index (χ4n) is 0.0456. The van der Waals surface area contributed by atoms with Crippen LogP contribution in [0, 0.1) is 0 Å². The first-order valence-corrected chi connectivity index (χ1v) is 3.12. The summed E-state index contributed by atoms with van der Waals surface area (Å²) in [5, 5.41) is 0. The van der Waals surface area contributed by atoms with Crippen LogP contribution >= 0.6 is 21.1 Å². The Balaban J connectivity index is 2.40. The number of hydrogen-bond donors (Lipinski definition) is 1. The summed E-state index contributed by atoms with van der Waals surface area (Å²) in [6.07, 6.45) is 0.725. The Hall–Kier alpha value is 0.450. The molecule has 0 aromatic rings. The van der Waals surface area contributed by atoms with Crippen LogP contribution in [-0.2, 0) is 4.57 Å². The van der Waals surface area contributed by atoms with Crippen molar-refractivity contribution >= 4 is 21.1 Å². The average Bonchev–Trinajstić information content (AvgIpc) is 1.41. The maximum absolute atomic E-state index is 9.51. The zero-order valence-electron chi connectivity index (χ0n) is 2.77. The van der Waals surface area contributed by atoms with Gasteiger partial charge in [0.2, 0.25) is 0 Å². The van der Waals surface area contributed by atoms with Gasteiger partial charge in [0.15, 0.2) is 0 Å². The second-order valence-electron chi connectivity index (χ2n) is 0.618. The van der Waals surface area contributed by atoms with E-state index in [4.69, 9.17) is 0 Å². The van der Waals surface area contributed by atoms with E-state index in [2.05, 4.69) is 12.6 Å². The molecule has 1 unspecified atom stereocenters. The molecule has 0 aliphatic rings. The molecule has 0 aliphatic heterocycles. The zero-order chi connectivity index (χ0) is 4.12. The lowest BCUT2D eigenvalue weighted by Gasteiger charge is -1.68. The summed E-state index contributed by atoms with van der Waals surface area (Å²) in [6, 6.07) is 0. The van der Waals surface area contributed by atoms with Gasteiger partial charge in [0, 0.05) is 6.16 Å². The molecule has 0 amide bonds. The zero-order valence-corrected chi connectivity index (χ0v) is 4.66. The van der Waals surface area contributed by atoms with Gasteiger partial charge in [-0.3, -0.25) is 4.57 Å². The van der Waals surface area contributed by atoms with Crippen LogP contribution in [0.2, 0.25) is 0 Å². The lowest BCUT2D eigenvalue weighted by molar-refractivity contribution is 0.599. The average molecular weight is 109 g/mol. The predicted octanol–water partition coefficient (Wildman–Crippen LogP) is 0.940. The fourth-order valence-corrected chi connectivity index (χ4v) is 0.411. The van der Waals surface area contributed by atoms with Gasteiger partial charge in [-0.1, -0.05) is 0 Å². The molecule has 0 N–H and O–H groups in total. The van der Waals surface area contributed by atoms with Crippen molar-refractivity contribution in [3.8, 4) is 0 Å². The summed E-state index contributed by atoms with van der Waals surface area (Å²) in [7, 11) is -0.169. The molecule has 0 fully saturated rings. The first kappa shape index (κ1) is 5.45. The Bertz CT molecular complexity index is 30.8. The van der Waals surface area contributed by atoms with Crippen molar-refractivity contribution in [2.45, 2.75) is 0 Å². The van der Waals surface area contributed by atoms with Gasteiger partial charge in [0.1, 0.15) is 0 Å². The molecule has 1 radical (unpaired) electrons. The normalized spacial score (nSPS) is 9.00. The molecule has 0 aliphatic carbocycles. The molecular formula is C2H6OPS. The van der Waals surface area contributed by atoms with E-state index in [1.165, 1.54) is 0 Å². The summed E-state index contributed by atoms with van der Waals surface area (Å²) in [5.41, 5.74) is 0. The maximum atomic E-state index is 9.51. The van der Waals surface area contributed by atoms with Crippen molar-refractivity contribution < 1.29 is 4.57 Å². The Morgan fingerprint density at radius 3 is 2.40 bits per heavy atom. The Morgan fingerprint density at radius 2 is 2.40 bits per heavy atom. The molecule has 0 bridgehead atoms. The Kier molecular flexibility index (Phi) is 4.85. The van der Waals surface area contributed by atoms with E-state index >= 15 is 0 Å². The molecule has 0 aromatic heterocycles. The van der Waals surface area contributed by atoms with Crippen LogP contribution in [0.4, 0.5) is 0 Å². The quantitative estimate of drug-likeness (QED) is 0.412. The van der Waals surface area contributed by atoms with Crippen molar-refractivity contribution in [3.63, 3.8) is 0 Å². The van der Waals surface area contributed by atoms with Gasteiger partial charge in [-0.25, -0.2) is 0 Å². The molecule has 0 rings (SSSR count). The van der Waals surface area contributed by atoms with Crippen LogP contribution in [0.5, 0.6) is 0 Å². The standard InChI is InChI=1S/C2H6OPS/c3-4-1-2-5/h4-5H,1-2H2. The van der Waals surface area contributed by atoms with E-state index in [1.807, 2.05) is 0 Å². The van der Waals surface area contributed by atoms with Gasteiger partial charge in [0.25, 0.3) is 0 Å². The summed E-state index contributed by atoms with van der Waals surface area (Å²) >= 11 is 3.81. The van der Waals surface area contributed by atoms with Gasteiger partial charge in [-0.15, -0.1) is 0 Å². The number of hydrogen-bond acceptors (Lipinski definition) is 2. The highest BCUT2D eigenvalue weighted by atomic mass is 32.1. The highest BCUT2D eigenvalue weighted by molar-refractivity contribution is 7.80. The summed E-state index contributed by atoms with van der Waals surface area (Å²) in [6.45, 7) is 0. The van der Waals surface area contributed by atoms with Crippen LogP contribution in [0.3, 0.4) is 0 Å². The van der Waals surface area contributed by atoms with E-state index in [-0.39, 0.29) is 8.46 Å². The lowest BCUT2D eigenvalue weighted by Crippen LogP contribution is -1.65. The molecule has 5 heavy (non-hydrogen) atoms. The first-order valence-electron chi connectivity index (χ1n) is 1.37. The van der Waals surface area contributed by atoms with E-state index in [0.29, 0.717) is 0 Å². The van der Waals surface area contributed by atoms with E-state index in [0.717, 1.165) is 11.9 Å². The fraction of sp³-hybridized carbons (Fsp3) is 1.00. The third-order valence-corrected chi connectivity index (χ3v) is 1.31. The molecule has 0 saturated heterocycles. The van der Waals surface area contributed by atoms with Crippen molar-refractivity contribution in [1.29, 1.82) is 0 Å². The molecule has 0 spiro atoms. The second-order valence-corrected chi connectivity index (χ2v) is 1.85. The monoisotopic (exact) mass is 109 g/mol. The topological polar surface area (TPSA) is 17.1 Å². The summed E-state index contributed by atoms with van der Waals surface area (Å²) < 4.78 is 9.51. The van der Waals surface area contributed by atoms with Gasteiger partial charge in [-0.05, 0) is 5.75 Å². The third-order valence-electron chi connectivity index (χ3n) is 0.214. The highest BCUT2D eigenvalue weighted by Gasteiger charge is 1.66. The van der Waals surface area contributed by atoms with Crippen molar-refractivity contribution in [1.82, 2.24) is 0 Å². The van der Waals surface area contributed by atoms with Gasteiger partial charge in [-0.2, -0.15) is 12.6 Å². The summed E-state index contributed by atoms with van der Waals surface area (Å²) in [4.78, 5) is 0. The number of thiol groups is 1. The van der Waals surface area contributed by atoms with Crippen LogP contribution in [-0.4, -0.2) is 11.9 Å². The van der Waals surface area contributed by atoms with E-state index in [9.17, 15) is 4.57 Å². The van der Waals surface area contributed by atoms with Gasteiger partial charge < -0.3 is 0 Å². The van der Waals surface area contributed by atoms with Gasteiger partial charge >= 0.3 is 0 Å². The van der Waals surface area contributed by atoms with Crippen LogP contribution in [0.25, 0.3) is 0 Å².